The van der Waals surface area contributed by atoms with Gasteiger partial charge < -0.3 is 4.42 Å². The maximum absolute atomic E-state index is 6.49. The van der Waals surface area contributed by atoms with E-state index in [0.29, 0.717) is 0 Å². The molecule has 0 atom stereocenters. The van der Waals surface area contributed by atoms with Crippen LogP contribution in [0.25, 0.3) is 77.4 Å². The molecule has 7 aromatic rings. The first-order valence-electron chi connectivity index (χ1n) is 18.2. The summed E-state index contributed by atoms with van der Waals surface area (Å²) in [6, 6.07) is 30.0. The van der Waals surface area contributed by atoms with Crippen molar-refractivity contribution in [1.82, 2.24) is 0 Å². The van der Waals surface area contributed by atoms with Crippen molar-refractivity contribution in [2.75, 3.05) is 0 Å². The van der Waals surface area contributed by atoms with Gasteiger partial charge in [0.1, 0.15) is 11.2 Å². The topological polar surface area (TPSA) is 13.1 Å². The number of benzene rings is 5. The summed E-state index contributed by atoms with van der Waals surface area (Å²) in [5.41, 5.74) is 9.89. The molecule has 8 rings (SSSR count). The zero-order valence-electron chi connectivity index (χ0n) is 30.3. The predicted octanol–water partition coefficient (Wildman–Crippen LogP) is 13.6. The number of fused-ring (bicyclic) bond motifs is 8. The summed E-state index contributed by atoms with van der Waals surface area (Å²) in [6.45, 7) is 26.0. The number of thiophene rings is 1. The van der Waals surface area contributed by atoms with Gasteiger partial charge in [0.25, 0.3) is 0 Å². The average molecular weight is 713 g/mol. The van der Waals surface area contributed by atoms with Crippen LogP contribution in [0, 0.1) is 0 Å². The molecule has 54 heavy (non-hydrogen) atoms. The highest BCUT2D eigenvalue weighted by molar-refractivity contribution is 7.18. The van der Waals surface area contributed by atoms with Gasteiger partial charge in [-0.05, 0) is 91.8 Å². The van der Waals surface area contributed by atoms with Crippen LogP contribution in [0.3, 0.4) is 0 Å². The fourth-order valence-corrected chi connectivity index (χ4v) is 8.85. The van der Waals surface area contributed by atoms with E-state index in [-0.39, 0.29) is 0 Å². The van der Waals surface area contributed by atoms with Gasteiger partial charge in [-0.2, -0.15) is 0 Å². The van der Waals surface area contributed by atoms with Crippen molar-refractivity contribution in [1.29, 1.82) is 0 Å². The Morgan fingerprint density at radius 1 is 0.685 bits per heavy atom. The third-order valence-electron chi connectivity index (χ3n) is 10.3. The van der Waals surface area contributed by atoms with Gasteiger partial charge in [-0.1, -0.05) is 167 Å². The zero-order chi connectivity index (χ0) is 37.3. The minimum Gasteiger partial charge on any atom is -0.455 e. The molecule has 0 N–H and O–H groups in total. The van der Waals surface area contributed by atoms with Gasteiger partial charge in [0.15, 0.2) is 0 Å². The number of allylic oxidation sites excluding steroid dienone is 15. The van der Waals surface area contributed by atoms with Gasteiger partial charge in [-0.15, -0.1) is 11.3 Å². The summed E-state index contributed by atoms with van der Waals surface area (Å²) in [6.07, 6.45) is 22.4. The van der Waals surface area contributed by atoms with Crippen molar-refractivity contribution in [3.8, 4) is 0 Å². The molecule has 0 spiro atoms. The Morgan fingerprint density at radius 3 is 2.15 bits per heavy atom. The highest BCUT2D eigenvalue weighted by Crippen LogP contribution is 2.39. The maximum atomic E-state index is 6.49. The molecule has 0 aliphatic heterocycles. The molecule has 0 fully saturated rings. The third kappa shape index (κ3) is 5.91. The van der Waals surface area contributed by atoms with Crippen LogP contribution in [-0.4, -0.2) is 0 Å². The van der Waals surface area contributed by atoms with Crippen molar-refractivity contribution in [2.45, 2.75) is 12.8 Å². The molecule has 1 nitrogen and oxygen atoms in total. The van der Waals surface area contributed by atoms with Crippen LogP contribution in [0.4, 0.5) is 0 Å². The van der Waals surface area contributed by atoms with E-state index in [0.717, 1.165) is 116 Å². The summed E-state index contributed by atoms with van der Waals surface area (Å²) in [5.74, 6) is 0. The molecule has 0 saturated carbocycles. The van der Waals surface area contributed by atoms with Crippen LogP contribution in [0.2, 0.25) is 0 Å². The summed E-state index contributed by atoms with van der Waals surface area (Å²) in [5, 5.41) is 9.04. The van der Waals surface area contributed by atoms with E-state index < -0.39 is 0 Å². The Kier molecular flexibility index (Phi) is 9.29. The normalized spacial score (nSPS) is 16.3. The molecule has 2 heterocycles. The minimum atomic E-state index is 0.886. The monoisotopic (exact) mass is 712 g/mol. The van der Waals surface area contributed by atoms with Crippen molar-refractivity contribution >= 4 is 88.7 Å². The molecule has 0 amide bonds. The van der Waals surface area contributed by atoms with Crippen molar-refractivity contribution in [3.63, 3.8) is 0 Å². The van der Waals surface area contributed by atoms with Gasteiger partial charge in [0.2, 0.25) is 0 Å². The maximum Gasteiger partial charge on any atom is 0.144 e. The Balaban J connectivity index is 1.30. The van der Waals surface area contributed by atoms with E-state index in [4.69, 9.17) is 4.42 Å². The Labute approximate surface area is 320 Å². The fraction of sp³-hybridized carbons (Fsp3) is 0.0385. The molecule has 260 valence electrons. The highest BCUT2D eigenvalue weighted by atomic mass is 32.1. The fourth-order valence-electron chi connectivity index (χ4n) is 7.72. The summed E-state index contributed by atoms with van der Waals surface area (Å²) in [7, 11) is 0. The first-order chi connectivity index (χ1) is 26.4. The van der Waals surface area contributed by atoms with Crippen LogP contribution >= 0.6 is 11.3 Å². The van der Waals surface area contributed by atoms with E-state index in [2.05, 4.69) is 143 Å². The lowest BCUT2D eigenvalue weighted by Gasteiger charge is -2.19. The van der Waals surface area contributed by atoms with Gasteiger partial charge >= 0.3 is 0 Å². The van der Waals surface area contributed by atoms with E-state index >= 15 is 0 Å². The van der Waals surface area contributed by atoms with Crippen LogP contribution < -0.4 is 9.75 Å². The molecule has 0 unspecified atom stereocenters. The molecule has 0 saturated heterocycles. The summed E-state index contributed by atoms with van der Waals surface area (Å²) in [4.78, 5) is 0. The summed E-state index contributed by atoms with van der Waals surface area (Å²) >= 11 is 1.71. The van der Waals surface area contributed by atoms with Crippen LogP contribution in [-0.2, 0) is 0 Å². The number of rotatable bonds is 8. The molecule has 1 aliphatic carbocycles. The molecular formula is C52H40OS. The van der Waals surface area contributed by atoms with Crippen LogP contribution in [0.15, 0.2) is 199 Å². The molecule has 2 aromatic heterocycles. The zero-order valence-corrected chi connectivity index (χ0v) is 31.1. The first-order valence-corrected chi connectivity index (χ1v) is 19.0. The molecule has 2 heteroatoms. The standard InChI is InChI=1S/C52H40OS/c1-7-10-19-33(4)39-20-13-11-12-14-21-41(38(9-3)37(39)8-2)44-31-30-40(42-22-15-16-23-43(42)44)34(5)32-48-35(6)54-52-47(48)29-27-36-26-28-46-45-24-17-18-25-49(45)53-51(46)50(36)52/h7-10,13-32H,1-6,11-12H2/b19-10-,20-13?,21-14+,39-37?,41-38+,48-32+. The Hall–Kier alpha value is -6.48. The molecule has 5 aromatic carbocycles. The van der Waals surface area contributed by atoms with Crippen molar-refractivity contribution in [2.24, 2.45) is 0 Å². The third-order valence-corrected chi connectivity index (χ3v) is 11.4. The van der Waals surface area contributed by atoms with Gasteiger partial charge in [-0.3, -0.25) is 0 Å². The van der Waals surface area contributed by atoms with E-state index in [9.17, 15) is 0 Å². The van der Waals surface area contributed by atoms with E-state index in [1.807, 2.05) is 36.4 Å². The minimum absolute atomic E-state index is 0.886. The second-order valence-corrected chi connectivity index (χ2v) is 14.6. The second kappa shape index (κ2) is 14.5. The van der Waals surface area contributed by atoms with Gasteiger partial charge in [0.05, 0.1) is 0 Å². The van der Waals surface area contributed by atoms with E-state index in [1.54, 1.807) is 17.4 Å². The molecule has 0 radical (unpaired) electrons. The second-order valence-electron chi connectivity index (χ2n) is 13.5. The number of para-hydroxylation sites is 1. The lowest BCUT2D eigenvalue weighted by atomic mass is 9.85. The lowest BCUT2D eigenvalue weighted by Crippen LogP contribution is -2.16. The Morgan fingerprint density at radius 2 is 1.39 bits per heavy atom. The van der Waals surface area contributed by atoms with E-state index in [1.165, 1.54) is 4.70 Å². The molecule has 0 bridgehead atoms. The van der Waals surface area contributed by atoms with Gasteiger partial charge in [-0.25, -0.2) is 0 Å². The predicted molar refractivity (Wildman–Crippen MR) is 239 cm³/mol. The highest BCUT2D eigenvalue weighted by Gasteiger charge is 2.18. The molecular weight excluding hydrogens is 673 g/mol. The first kappa shape index (κ1) is 34.6. The molecule has 1 aliphatic rings. The average Bonchev–Trinajstić information content (AvgIpc) is 3.74. The van der Waals surface area contributed by atoms with Crippen molar-refractivity contribution in [3.05, 3.63) is 216 Å². The SMILES string of the molecule is C=C/C=C\C(=C)C1=C(C=C)/C(C=C)=C(c2ccc(C(=C)/C=c3\c(=C)sc4c3ccc3ccc5c6ccccc6oc5c34)c3ccccc23)\C=C\CCC=C1. The lowest BCUT2D eigenvalue weighted by molar-refractivity contribution is 0.673. The Bertz CT molecular complexity index is 3030. The quantitative estimate of drug-likeness (QED) is 0.143. The summed E-state index contributed by atoms with van der Waals surface area (Å²) < 4.78 is 8.67. The largest absolute Gasteiger partial charge is 0.455 e. The van der Waals surface area contributed by atoms with Crippen LogP contribution in [0.1, 0.15) is 24.0 Å². The van der Waals surface area contributed by atoms with Crippen LogP contribution in [0.5, 0.6) is 0 Å². The number of hydrogen-bond donors (Lipinski definition) is 0. The van der Waals surface area contributed by atoms with Gasteiger partial charge in [0, 0.05) is 36.0 Å². The number of furan rings is 1. The smallest absolute Gasteiger partial charge is 0.144 e. The van der Waals surface area contributed by atoms with Crippen molar-refractivity contribution < 1.29 is 4.42 Å². The number of hydrogen-bond acceptors (Lipinski definition) is 2.